The number of fused-ring (bicyclic) bond motifs is 1. The average molecular weight is 354 g/mol. The van der Waals surface area contributed by atoms with Gasteiger partial charge in [0.1, 0.15) is 10.7 Å². The molecule has 0 unspecified atom stereocenters. The molecule has 1 amide bonds. The standard InChI is InChI=1S/C18H16ClN5O/c1-5-18(3,4)23-17(25)12-10-20-24-11(2)9-14(22-16(12)24)13-7-6-8-15(19)21-13/h1,6-10H,2-4H3,(H,23,25). The number of hydrogen-bond donors (Lipinski definition) is 1. The molecular weight excluding hydrogens is 338 g/mol. The minimum atomic E-state index is -0.771. The van der Waals surface area contributed by atoms with E-state index in [-0.39, 0.29) is 5.91 Å². The number of pyridine rings is 1. The number of nitrogens with one attached hydrogen (secondary N) is 1. The van der Waals surface area contributed by atoms with Gasteiger partial charge in [-0.1, -0.05) is 23.6 Å². The zero-order chi connectivity index (χ0) is 18.2. The summed E-state index contributed by atoms with van der Waals surface area (Å²) in [6, 6.07) is 7.13. The molecule has 126 valence electrons. The van der Waals surface area contributed by atoms with E-state index in [2.05, 4.69) is 26.3 Å². The Morgan fingerprint density at radius 2 is 2.08 bits per heavy atom. The number of hydrogen-bond acceptors (Lipinski definition) is 4. The Bertz CT molecular complexity index is 1020. The van der Waals surface area contributed by atoms with Gasteiger partial charge in [-0.15, -0.1) is 6.42 Å². The highest BCUT2D eigenvalue weighted by Crippen LogP contribution is 2.21. The molecule has 0 spiro atoms. The van der Waals surface area contributed by atoms with E-state index in [1.165, 1.54) is 6.20 Å². The second-order valence-electron chi connectivity index (χ2n) is 6.15. The number of aromatic nitrogens is 4. The maximum atomic E-state index is 12.6. The van der Waals surface area contributed by atoms with Crippen molar-refractivity contribution >= 4 is 23.2 Å². The number of rotatable bonds is 3. The Hall–Kier alpha value is -2.91. The Labute approximate surface area is 150 Å². The third-order valence-corrected chi connectivity index (χ3v) is 3.87. The molecule has 7 heteroatoms. The number of terminal acetylenes is 1. The molecule has 0 aliphatic carbocycles. The minimum absolute atomic E-state index is 0.332. The van der Waals surface area contributed by atoms with E-state index in [0.717, 1.165) is 5.69 Å². The molecular formula is C18H16ClN5O. The maximum Gasteiger partial charge on any atom is 0.257 e. The molecule has 0 fully saturated rings. The lowest BCUT2D eigenvalue weighted by Crippen LogP contribution is -2.42. The van der Waals surface area contributed by atoms with Crippen molar-refractivity contribution in [3.63, 3.8) is 0 Å². The molecule has 0 atom stereocenters. The van der Waals surface area contributed by atoms with Crippen LogP contribution in [0.4, 0.5) is 0 Å². The summed E-state index contributed by atoms with van der Waals surface area (Å²) in [7, 11) is 0. The summed E-state index contributed by atoms with van der Waals surface area (Å²) >= 11 is 5.96. The number of nitrogens with zero attached hydrogens (tertiary/aromatic N) is 4. The predicted molar refractivity (Wildman–Crippen MR) is 96.3 cm³/mol. The second-order valence-corrected chi connectivity index (χ2v) is 6.53. The van der Waals surface area contributed by atoms with E-state index in [1.807, 2.05) is 19.1 Å². The van der Waals surface area contributed by atoms with Crippen LogP contribution in [0.3, 0.4) is 0 Å². The van der Waals surface area contributed by atoms with Crippen LogP contribution in [-0.4, -0.2) is 31.0 Å². The zero-order valence-corrected chi connectivity index (χ0v) is 14.8. The van der Waals surface area contributed by atoms with Gasteiger partial charge in [0.05, 0.1) is 23.1 Å². The summed E-state index contributed by atoms with van der Waals surface area (Å²) in [5.41, 5.74) is 2.05. The Kier molecular flexibility index (Phi) is 4.19. The van der Waals surface area contributed by atoms with Crippen LogP contribution in [0.15, 0.2) is 30.5 Å². The highest BCUT2D eigenvalue weighted by Gasteiger charge is 2.22. The van der Waals surface area contributed by atoms with Crippen LogP contribution in [0.25, 0.3) is 17.0 Å². The summed E-state index contributed by atoms with van der Waals surface area (Å²) < 4.78 is 1.60. The van der Waals surface area contributed by atoms with Crippen molar-refractivity contribution in [1.82, 2.24) is 24.9 Å². The molecule has 0 bridgehead atoms. The van der Waals surface area contributed by atoms with Crippen molar-refractivity contribution in [1.29, 1.82) is 0 Å². The van der Waals surface area contributed by atoms with Crippen LogP contribution < -0.4 is 5.32 Å². The van der Waals surface area contributed by atoms with Gasteiger partial charge < -0.3 is 5.32 Å². The van der Waals surface area contributed by atoms with E-state index in [4.69, 9.17) is 18.0 Å². The molecule has 3 aromatic rings. The molecule has 0 saturated heterocycles. The topological polar surface area (TPSA) is 72.2 Å². The number of amides is 1. The first-order chi connectivity index (χ1) is 11.8. The normalized spacial score (nSPS) is 11.3. The number of carbonyl (C=O) groups excluding carboxylic acids is 1. The minimum Gasteiger partial charge on any atom is -0.336 e. The summed E-state index contributed by atoms with van der Waals surface area (Å²) in [4.78, 5) is 21.4. The molecule has 3 rings (SSSR count). The highest BCUT2D eigenvalue weighted by molar-refractivity contribution is 6.29. The molecule has 25 heavy (non-hydrogen) atoms. The fraction of sp³-hybridized carbons (Fsp3) is 0.222. The van der Waals surface area contributed by atoms with E-state index in [0.29, 0.717) is 27.8 Å². The van der Waals surface area contributed by atoms with E-state index < -0.39 is 5.54 Å². The molecule has 6 nitrogen and oxygen atoms in total. The Morgan fingerprint density at radius 3 is 2.76 bits per heavy atom. The van der Waals surface area contributed by atoms with E-state index in [9.17, 15) is 4.79 Å². The smallest absolute Gasteiger partial charge is 0.257 e. The Balaban J connectivity index is 2.11. The summed E-state index contributed by atoms with van der Waals surface area (Å²) in [6.45, 7) is 5.37. The Morgan fingerprint density at radius 1 is 1.32 bits per heavy atom. The van der Waals surface area contributed by atoms with Gasteiger partial charge >= 0.3 is 0 Å². The van der Waals surface area contributed by atoms with Crippen molar-refractivity contribution in [3.05, 3.63) is 46.9 Å². The van der Waals surface area contributed by atoms with Gasteiger partial charge in [-0.05, 0) is 39.0 Å². The van der Waals surface area contributed by atoms with E-state index in [1.54, 1.807) is 30.5 Å². The summed E-state index contributed by atoms with van der Waals surface area (Å²) in [6.07, 6.45) is 6.92. The van der Waals surface area contributed by atoms with Crippen LogP contribution in [0.5, 0.6) is 0 Å². The lowest BCUT2D eigenvalue weighted by Gasteiger charge is -2.18. The molecule has 1 N–H and O–H groups in total. The quantitative estimate of drug-likeness (QED) is 0.580. The zero-order valence-electron chi connectivity index (χ0n) is 14.0. The van der Waals surface area contributed by atoms with Gasteiger partial charge in [0.25, 0.3) is 5.91 Å². The van der Waals surface area contributed by atoms with Crippen molar-refractivity contribution in [3.8, 4) is 23.7 Å². The van der Waals surface area contributed by atoms with Gasteiger partial charge in [0.15, 0.2) is 5.65 Å². The van der Waals surface area contributed by atoms with Crippen LogP contribution in [0, 0.1) is 19.3 Å². The monoisotopic (exact) mass is 353 g/mol. The SMILES string of the molecule is C#CC(C)(C)NC(=O)c1cnn2c(C)cc(-c3cccc(Cl)n3)nc12. The lowest BCUT2D eigenvalue weighted by atomic mass is 10.1. The first-order valence-electron chi connectivity index (χ1n) is 7.59. The van der Waals surface area contributed by atoms with Crippen molar-refractivity contribution in [2.24, 2.45) is 0 Å². The van der Waals surface area contributed by atoms with Crippen molar-refractivity contribution in [2.45, 2.75) is 26.3 Å². The van der Waals surface area contributed by atoms with Gasteiger partial charge in [0, 0.05) is 5.69 Å². The molecule has 3 aromatic heterocycles. The van der Waals surface area contributed by atoms with Crippen LogP contribution >= 0.6 is 11.6 Å². The van der Waals surface area contributed by atoms with Crippen molar-refractivity contribution in [2.75, 3.05) is 0 Å². The number of carbonyl (C=O) groups is 1. The molecule has 0 aromatic carbocycles. The third-order valence-electron chi connectivity index (χ3n) is 3.66. The fourth-order valence-electron chi connectivity index (χ4n) is 2.34. The van der Waals surface area contributed by atoms with Crippen molar-refractivity contribution < 1.29 is 4.79 Å². The maximum absolute atomic E-state index is 12.6. The van der Waals surface area contributed by atoms with Gasteiger partial charge in [0.2, 0.25) is 0 Å². The van der Waals surface area contributed by atoms with Crippen LogP contribution in [0.1, 0.15) is 29.9 Å². The highest BCUT2D eigenvalue weighted by atomic mass is 35.5. The molecule has 3 heterocycles. The summed E-state index contributed by atoms with van der Waals surface area (Å²) in [5, 5.41) is 7.40. The molecule has 0 aliphatic heterocycles. The van der Waals surface area contributed by atoms with Crippen LogP contribution in [-0.2, 0) is 0 Å². The van der Waals surface area contributed by atoms with Gasteiger partial charge in [-0.3, -0.25) is 4.79 Å². The van der Waals surface area contributed by atoms with Gasteiger partial charge in [-0.2, -0.15) is 5.10 Å². The lowest BCUT2D eigenvalue weighted by molar-refractivity contribution is 0.0931. The first-order valence-corrected chi connectivity index (χ1v) is 7.97. The number of aryl methyl sites for hydroxylation is 1. The number of halogens is 1. The summed E-state index contributed by atoms with van der Waals surface area (Å²) in [5.74, 6) is 2.20. The largest absolute Gasteiger partial charge is 0.336 e. The predicted octanol–water partition coefficient (Wildman–Crippen LogP) is 2.89. The average Bonchev–Trinajstić information content (AvgIpc) is 2.99. The van der Waals surface area contributed by atoms with E-state index >= 15 is 0 Å². The second kappa shape index (κ2) is 6.19. The molecule has 0 saturated carbocycles. The fourth-order valence-corrected chi connectivity index (χ4v) is 2.51. The molecule has 0 radical (unpaired) electrons. The van der Waals surface area contributed by atoms with Crippen LogP contribution in [0.2, 0.25) is 5.15 Å². The third kappa shape index (κ3) is 3.32. The first kappa shape index (κ1) is 16.9. The molecule has 0 aliphatic rings. The van der Waals surface area contributed by atoms with Gasteiger partial charge in [-0.25, -0.2) is 14.5 Å².